The van der Waals surface area contributed by atoms with Crippen LogP contribution < -0.4 is 15.4 Å². The van der Waals surface area contributed by atoms with Crippen LogP contribution >= 0.6 is 0 Å². The van der Waals surface area contributed by atoms with Crippen LogP contribution in [0.5, 0.6) is 5.75 Å². The lowest BCUT2D eigenvalue weighted by Crippen LogP contribution is -2.40. The summed E-state index contributed by atoms with van der Waals surface area (Å²) < 4.78 is 7.92. The third-order valence-electron chi connectivity index (χ3n) is 4.55. The van der Waals surface area contributed by atoms with E-state index in [1.807, 2.05) is 42.7 Å². The standard InChI is InChI=1S/C23H29N5O/c1-19-8-10-21(11-9-19)29-17-15-27-23(24-2)26-13-12-22-25-14-16-28(22)18-20-6-4-3-5-7-20/h3-11,14,16H,12-13,15,17-18H2,1-2H3,(H2,24,26,27). The van der Waals surface area contributed by atoms with Gasteiger partial charge in [-0.25, -0.2) is 4.98 Å². The maximum Gasteiger partial charge on any atom is 0.191 e. The van der Waals surface area contributed by atoms with Crippen molar-refractivity contribution < 1.29 is 4.74 Å². The number of benzene rings is 2. The molecule has 0 saturated carbocycles. The highest BCUT2D eigenvalue weighted by molar-refractivity contribution is 5.79. The molecule has 0 aliphatic rings. The molecule has 3 rings (SSSR count). The van der Waals surface area contributed by atoms with Gasteiger partial charge in [0.1, 0.15) is 18.2 Å². The van der Waals surface area contributed by atoms with Gasteiger partial charge in [-0.3, -0.25) is 4.99 Å². The van der Waals surface area contributed by atoms with E-state index in [-0.39, 0.29) is 0 Å². The number of imidazole rings is 1. The van der Waals surface area contributed by atoms with E-state index in [0.717, 1.165) is 37.0 Å². The summed E-state index contributed by atoms with van der Waals surface area (Å²) in [6.45, 7) is 4.90. The van der Waals surface area contributed by atoms with Gasteiger partial charge in [-0.2, -0.15) is 0 Å². The number of nitrogens with one attached hydrogen (secondary N) is 2. The Morgan fingerprint density at radius 1 is 1.03 bits per heavy atom. The molecule has 0 saturated heterocycles. The smallest absolute Gasteiger partial charge is 0.191 e. The highest BCUT2D eigenvalue weighted by Gasteiger charge is 2.04. The first-order valence-corrected chi connectivity index (χ1v) is 9.92. The van der Waals surface area contributed by atoms with Crippen LogP contribution in [-0.4, -0.2) is 42.3 Å². The normalized spacial score (nSPS) is 11.3. The minimum absolute atomic E-state index is 0.575. The van der Waals surface area contributed by atoms with Crippen LogP contribution in [0.2, 0.25) is 0 Å². The summed E-state index contributed by atoms with van der Waals surface area (Å²) in [7, 11) is 1.77. The zero-order chi connectivity index (χ0) is 20.3. The summed E-state index contributed by atoms with van der Waals surface area (Å²) >= 11 is 0. The molecule has 29 heavy (non-hydrogen) atoms. The topological polar surface area (TPSA) is 63.5 Å². The molecule has 3 aromatic rings. The molecule has 152 valence electrons. The number of hydrogen-bond donors (Lipinski definition) is 2. The molecule has 0 aliphatic heterocycles. The van der Waals surface area contributed by atoms with E-state index >= 15 is 0 Å². The molecule has 0 bridgehead atoms. The van der Waals surface area contributed by atoms with Gasteiger partial charge in [-0.15, -0.1) is 0 Å². The fourth-order valence-corrected chi connectivity index (χ4v) is 2.98. The lowest BCUT2D eigenvalue weighted by atomic mass is 10.2. The van der Waals surface area contributed by atoms with E-state index in [1.54, 1.807) is 7.05 Å². The minimum Gasteiger partial charge on any atom is -0.492 e. The Hall–Kier alpha value is -3.28. The first kappa shape index (κ1) is 20.5. The number of nitrogens with zero attached hydrogens (tertiary/aromatic N) is 3. The Balaban J connectivity index is 1.38. The molecule has 1 heterocycles. The number of hydrogen-bond acceptors (Lipinski definition) is 3. The van der Waals surface area contributed by atoms with Crippen LogP contribution in [0.4, 0.5) is 0 Å². The van der Waals surface area contributed by atoms with Crippen LogP contribution in [0.25, 0.3) is 0 Å². The Bertz CT molecular complexity index is 887. The van der Waals surface area contributed by atoms with Crippen molar-refractivity contribution in [3.8, 4) is 5.75 Å². The van der Waals surface area contributed by atoms with Gasteiger partial charge in [0.15, 0.2) is 5.96 Å². The van der Waals surface area contributed by atoms with Crippen molar-refractivity contribution in [3.63, 3.8) is 0 Å². The van der Waals surface area contributed by atoms with E-state index in [1.165, 1.54) is 11.1 Å². The molecular formula is C23H29N5O. The summed E-state index contributed by atoms with van der Waals surface area (Å²) in [5.74, 6) is 2.70. The van der Waals surface area contributed by atoms with Gasteiger partial charge in [0.2, 0.25) is 0 Å². The molecule has 0 unspecified atom stereocenters. The Morgan fingerprint density at radius 3 is 2.55 bits per heavy atom. The lowest BCUT2D eigenvalue weighted by molar-refractivity contribution is 0.322. The maximum absolute atomic E-state index is 5.73. The van der Waals surface area contributed by atoms with Gasteiger partial charge in [0, 0.05) is 39.0 Å². The van der Waals surface area contributed by atoms with Crippen LogP contribution in [0.1, 0.15) is 17.0 Å². The van der Waals surface area contributed by atoms with Crippen molar-refractivity contribution in [2.45, 2.75) is 19.9 Å². The summed E-state index contributed by atoms with van der Waals surface area (Å²) in [6.07, 6.45) is 4.70. The monoisotopic (exact) mass is 391 g/mol. The number of rotatable bonds is 9. The molecule has 0 radical (unpaired) electrons. The van der Waals surface area contributed by atoms with E-state index in [4.69, 9.17) is 4.74 Å². The maximum atomic E-state index is 5.73. The molecule has 0 spiro atoms. The first-order chi connectivity index (χ1) is 14.2. The van der Waals surface area contributed by atoms with Crippen LogP contribution in [0.15, 0.2) is 72.0 Å². The average Bonchev–Trinajstić information content (AvgIpc) is 3.18. The van der Waals surface area contributed by atoms with Crippen molar-refractivity contribution in [1.82, 2.24) is 20.2 Å². The molecule has 0 amide bonds. The quantitative estimate of drug-likeness (QED) is 0.334. The molecule has 2 aromatic carbocycles. The average molecular weight is 392 g/mol. The van der Waals surface area contributed by atoms with Crippen molar-refractivity contribution in [2.75, 3.05) is 26.7 Å². The lowest BCUT2D eigenvalue weighted by Gasteiger charge is -2.13. The van der Waals surface area contributed by atoms with Gasteiger partial charge >= 0.3 is 0 Å². The Labute approximate surface area is 172 Å². The van der Waals surface area contributed by atoms with E-state index in [0.29, 0.717) is 13.2 Å². The van der Waals surface area contributed by atoms with Crippen LogP contribution in [-0.2, 0) is 13.0 Å². The highest BCUT2D eigenvalue weighted by Crippen LogP contribution is 2.10. The molecule has 0 aliphatic carbocycles. The second kappa shape index (κ2) is 10.9. The summed E-state index contributed by atoms with van der Waals surface area (Å²) in [5, 5.41) is 6.61. The zero-order valence-corrected chi connectivity index (χ0v) is 17.1. The highest BCUT2D eigenvalue weighted by atomic mass is 16.5. The molecular weight excluding hydrogens is 362 g/mol. The summed E-state index contributed by atoms with van der Waals surface area (Å²) in [5.41, 5.74) is 2.50. The second-order valence-corrected chi connectivity index (χ2v) is 6.79. The first-order valence-electron chi connectivity index (χ1n) is 9.92. The molecule has 6 heteroatoms. The third kappa shape index (κ3) is 6.68. The zero-order valence-electron chi connectivity index (χ0n) is 17.1. The fourth-order valence-electron chi connectivity index (χ4n) is 2.98. The van der Waals surface area contributed by atoms with E-state index in [9.17, 15) is 0 Å². The van der Waals surface area contributed by atoms with Crippen molar-refractivity contribution in [1.29, 1.82) is 0 Å². The van der Waals surface area contributed by atoms with Crippen LogP contribution in [0.3, 0.4) is 0 Å². The second-order valence-electron chi connectivity index (χ2n) is 6.79. The fraction of sp³-hybridized carbons (Fsp3) is 0.304. The SMILES string of the molecule is CN=C(NCCOc1ccc(C)cc1)NCCc1nccn1Cc1ccccc1. The summed E-state index contributed by atoms with van der Waals surface area (Å²) in [6, 6.07) is 18.5. The van der Waals surface area contributed by atoms with Gasteiger partial charge in [-0.1, -0.05) is 48.0 Å². The van der Waals surface area contributed by atoms with Gasteiger partial charge in [0.25, 0.3) is 0 Å². The number of aromatic nitrogens is 2. The van der Waals surface area contributed by atoms with E-state index < -0.39 is 0 Å². The molecule has 2 N–H and O–H groups in total. The van der Waals surface area contributed by atoms with Crippen molar-refractivity contribution in [3.05, 3.63) is 83.9 Å². The van der Waals surface area contributed by atoms with Gasteiger partial charge in [0.05, 0.1) is 6.54 Å². The predicted octanol–water partition coefficient (Wildman–Crippen LogP) is 3.03. The Morgan fingerprint density at radius 2 is 1.79 bits per heavy atom. The number of guanidine groups is 1. The molecule has 0 fully saturated rings. The van der Waals surface area contributed by atoms with Gasteiger partial charge < -0.3 is 19.9 Å². The van der Waals surface area contributed by atoms with Crippen molar-refractivity contribution >= 4 is 5.96 Å². The van der Waals surface area contributed by atoms with Crippen molar-refractivity contribution in [2.24, 2.45) is 4.99 Å². The number of aryl methyl sites for hydroxylation is 1. The number of ether oxygens (including phenoxy) is 1. The van der Waals surface area contributed by atoms with Crippen LogP contribution in [0, 0.1) is 6.92 Å². The molecule has 6 nitrogen and oxygen atoms in total. The number of aliphatic imine (C=N–C) groups is 1. The Kier molecular flexibility index (Phi) is 7.69. The largest absolute Gasteiger partial charge is 0.492 e. The summed E-state index contributed by atoms with van der Waals surface area (Å²) in [4.78, 5) is 8.76. The minimum atomic E-state index is 0.575. The molecule has 0 atom stereocenters. The predicted molar refractivity (Wildman–Crippen MR) is 118 cm³/mol. The molecule has 1 aromatic heterocycles. The van der Waals surface area contributed by atoms with Gasteiger partial charge in [-0.05, 0) is 24.6 Å². The third-order valence-corrected chi connectivity index (χ3v) is 4.55. The van der Waals surface area contributed by atoms with E-state index in [2.05, 4.69) is 56.4 Å².